The molecule has 9 unspecified atom stereocenters. The minimum atomic E-state index is -4.23. The van der Waals surface area contributed by atoms with Gasteiger partial charge in [0.25, 0.3) is 0 Å². The summed E-state index contributed by atoms with van der Waals surface area (Å²) >= 11 is 1.87. The topological polar surface area (TPSA) is 294 Å². The third-order valence-corrected chi connectivity index (χ3v) is 20.8. The molecule has 9 atom stereocenters. The summed E-state index contributed by atoms with van der Waals surface area (Å²) in [6.45, 7) is 5.07. The lowest BCUT2D eigenvalue weighted by atomic mass is 9.84. The van der Waals surface area contributed by atoms with Crippen molar-refractivity contribution < 1.29 is 74.5 Å². The number of carbonyl (C=O) groups is 6. The predicted molar refractivity (Wildman–Crippen MR) is 338 cm³/mol. The van der Waals surface area contributed by atoms with E-state index in [1.165, 1.54) is 4.90 Å². The molecule has 1 saturated carbocycles. The first-order valence-corrected chi connectivity index (χ1v) is 36.2. The van der Waals surface area contributed by atoms with Gasteiger partial charge in [-0.3, -0.25) is 24.0 Å². The lowest BCUT2D eigenvalue weighted by Gasteiger charge is -2.37. The summed E-state index contributed by atoms with van der Waals surface area (Å²) in [4.78, 5) is 83.5. The highest BCUT2D eigenvalue weighted by Crippen LogP contribution is 2.53. The van der Waals surface area contributed by atoms with E-state index in [9.17, 15) is 37.0 Å². The molecule has 3 aromatic rings. The second kappa shape index (κ2) is 37.5. The third-order valence-electron chi connectivity index (χ3n) is 16.1. The lowest BCUT2D eigenvalue weighted by Crippen LogP contribution is -2.59. The van der Waals surface area contributed by atoms with Gasteiger partial charge in [0.1, 0.15) is 39.5 Å². The smallest absolute Gasteiger partial charge is 0.415 e. The minimum absolute atomic E-state index is 0.0131. The van der Waals surface area contributed by atoms with Gasteiger partial charge in [-0.15, -0.1) is 0 Å². The van der Waals surface area contributed by atoms with Crippen molar-refractivity contribution in [3.63, 3.8) is 0 Å². The number of hydrogen-bond donors (Lipinski definition) is 6. The molecule has 0 spiro atoms. The number of hydrogen-bond acceptors (Lipinski definition) is 17. The summed E-state index contributed by atoms with van der Waals surface area (Å²) < 4.78 is 81.1. The van der Waals surface area contributed by atoms with Crippen molar-refractivity contribution in [1.29, 1.82) is 0 Å². The Kier molecular flexibility index (Phi) is 29.8. The van der Waals surface area contributed by atoms with Crippen molar-refractivity contribution in [3.05, 3.63) is 96.6 Å². The van der Waals surface area contributed by atoms with Gasteiger partial charge < -0.3 is 69.5 Å². The van der Waals surface area contributed by atoms with Gasteiger partial charge in [0.2, 0.25) is 29.5 Å². The van der Waals surface area contributed by atoms with Crippen LogP contribution in [-0.2, 0) is 68.7 Å². The van der Waals surface area contributed by atoms with Crippen LogP contribution in [0, 0.1) is 5.92 Å². The first-order valence-electron chi connectivity index (χ1n) is 31.5. The first kappa shape index (κ1) is 70.7. The lowest BCUT2D eigenvalue weighted by molar-refractivity contribution is -0.144. The van der Waals surface area contributed by atoms with E-state index in [1.54, 1.807) is 67.6 Å². The van der Waals surface area contributed by atoms with Crippen LogP contribution >= 0.6 is 19.4 Å². The molecule has 4 aliphatic rings. The summed E-state index contributed by atoms with van der Waals surface area (Å²) in [5.41, 5.74) is 1.01. The van der Waals surface area contributed by atoms with Gasteiger partial charge in [-0.05, 0) is 100.0 Å². The average Bonchev–Trinajstić information content (AvgIpc) is 2.69. The number of fused-ring (bicyclic) bond motifs is 2. The van der Waals surface area contributed by atoms with E-state index in [1.807, 2.05) is 42.1 Å². The van der Waals surface area contributed by atoms with Crippen LogP contribution < -0.4 is 40.9 Å². The molecule has 0 aromatic heterocycles. The van der Waals surface area contributed by atoms with Crippen LogP contribution in [0.1, 0.15) is 109 Å². The number of sulfone groups is 1. The molecule has 3 heterocycles. The molecule has 3 aliphatic heterocycles. The Balaban J connectivity index is 0.868. The van der Waals surface area contributed by atoms with Crippen molar-refractivity contribution in [1.82, 2.24) is 36.8 Å². The van der Waals surface area contributed by atoms with Crippen molar-refractivity contribution >= 4 is 64.8 Å². The maximum absolute atomic E-state index is 15.2. The van der Waals surface area contributed by atoms with Gasteiger partial charge in [0.15, 0.2) is 5.78 Å². The molecule has 23 nitrogen and oxygen atoms in total. The van der Waals surface area contributed by atoms with Crippen LogP contribution in [0.2, 0.25) is 0 Å². The van der Waals surface area contributed by atoms with E-state index in [0.29, 0.717) is 83.7 Å². The summed E-state index contributed by atoms with van der Waals surface area (Å²) in [5, 5.41) is 17.8. The SMILES string of the molecule is CCC(NC(=O)C1CC2CCCCC2N1C(=O)C(CCS(C)(=O)=O)NC(=O)C(CCCCOCc1ccccc1)NC(=O)CCOCCOCCOCCOCCNC(=O)CCCCC1SCC2NC(=O)NC21)P(=O)(Oc1ccccc1)Oc1ccccc1. The highest BCUT2D eigenvalue weighted by Gasteiger charge is 2.51. The number of benzene rings is 3. The zero-order valence-corrected chi connectivity index (χ0v) is 53.9. The standard InChI is InChI=1S/C63H92N7O16PS2/c1-3-58(87(77,85-48-22-9-5-10-23-48)86-49-24-11-6-12-25-49)68-61(74)54-43-47-21-13-14-27-53(47)70(54)62(75)51(31-42-89(2,78)79)66-60(73)50(26-17-18-33-84-44-46-19-7-4-8-20-46)65-57(72)30-34-80-36-38-82-40-41-83-39-37-81-35-32-64-56(71)29-16-15-28-55-59-52(45-88-55)67-63(76)69-59/h4-12,19-20,22-25,47,50-55,58-59H,3,13-18,21,26-45H2,1-2H3,(H,64,71)(H,65,72)(H,66,73)(H,68,74)(H2,67,69,76). The zero-order valence-electron chi connectivity index (χ0n) is 51.4. The van der Waals surface area contributed by atoms with Crippen LogP contribution in [0.15, 0.2) is 91.0 Å². The van der Waals surface area contributed by atoms with Crippen LogP contribution in [0.3, 0.4) is 0 Å². The third kappa shape index (κ3) is 24.1. The highest BCUT2D eigenvalue weighted by atomic mass is 32.2. The van der Waals surface area contributed by atoms with E-state index in [0.717, 1.165) is 56.1 Å². The van der Waals surface area contributed by atoms with Gasteiger partial charge in [0.05, 0.1) is 77.3 Å². The van der Waals surface area contributed by atoms with E-state index in [-0.39, 0.29) is 93.4 Å². The molecule has 3 saturated heterocycles. The first-order chi connectivity index (χ1) is 43.1. The van der Waals surface area contributed by atoms with Gasteiger partial charge in [-0.25, -0.2) is 17.8 Å². The Bertz CT molecular complexity index is 2790. The Hall–Kier alpha value is -5.79. The molecule has 89 heavy (non-hydrogen) atoms. The molecule has 26 heteroatoms. The van der Waals surface area contributed by atoms with Crippen molar-refractivity contribution in [2.75, 3.05) is 83.8 Å². The van der Waals surface area contributed by atoms with Crippen LogP contribution in [0.4, 0.5) is 4.79 Å². The molecule has 7 amide bonds. The average molecular weight is 1300 g/mol. The van der Waals surface area contributed by atoms with Crippen LogP contribution in [0.5, 0.6) is 11.5 Å². The number of amides is 7. The van der Waals surface area contributed by atoms with E-state index < -0.39 is 76.8 Å². The van der Waals surface area contributed by atoms with Crippen molar-refractivity contribution in [2.24, 2.45) is 5.92 Å². The summed E-state index contributed by atoms with van der Waals surface area (Å²) in [7, 11) is -7.89. The second-order valence-electron chi connectivity index (χ2n) is 22.9. The van der Waals surface area contributed by atoms with Crippen molar-refractivity contribution in [3.8, 4) is 11.5 Å². The minimum Gasteiger partial charge on any atom is -0.415 e. The largest absolute Gasteiger partial charge is 0.452 e. The fourth-order valence-corrected chi connectivity index (χ4v) is 15.6. The van der Waals surface area contributed by atoms with E-state index in [4.69, 9.17) is 32.7 Å². The Labute approximate surface area is 528 Å². The number of para-hydroxylation sites is 2. The summed E-state index contributed by atoms with van der Waals surface area (Å²) in [6, 6.07) is 23.0. The van der Waals surface area contributed by atoms with Gasteiger partial charge >= 0.3 is 13.6 Å². The van der Waals surface area contributed by atoms with Gasteiger partial charge in [-0.2, -0.15) is 11.8 Å². The Morgan fingerprint density at radius 2 is 1.31 bits per heavy atom. The maximum Gasteiger partial charge on any atom is 0.452 e. The monoisotopic (exact) mass is 1300 g/mol. The number of nitrogens with zero attached hydrogens (tertiary/aromatic N) is 1. The molecular formula is C63H92N7O16PS2. The Morgan fingerprint density at radius 3 is 1.97 bits per heavy atom. The molecule has 7 rings (SSSR count). The molecule has 0 bridgehead atoms. The molecule has 3 aromatic carbocycles. The summed E-state index contributed by atoms with van der Waals surface area (Å²) in [5.74, 6) is -2.64. The number of likely N-dealkylation sites (tertiary alicyclic amines) is 1. The fraction of sp³-hybridized carbons (Fsp3) is 0.619. The van der Waals surface area contributed by atoms with E-state index >= 15 is 4.79 Å². The summed E-state index contributed by atoms with van der Waals surface area (Å²) in [6.07, 6.45) is 8.35. The van der Waals surface area contributed by atoms with Crippen molar-refractivity contribution in [2.45, 2.75) is 157 Å². The molecule has 492 valence electrons. The van der Waals surface area contributed by atoms with Crippen LogP contribution in [-0.4, -0.2) is 180 Å². The number of ether oxygens (including phenoxy) is 5. The normalized spacial score (nSPS) is 20.7. The number of urea groups is 1. The molecule has 4 fully saturated rings. The number of thioether (sulfide) groups is 1. The quantitative estimate of drug-likeness (QED) is 0.0202. The van der Waals surface area contributed by atoms with Gasteiger partial charge in [-0.1, -0.05) is 92.9 Å². The number of carbonyl (C=O) groups excluding carboxylic acids is 6. The second-order valence-corrected chi connectivity index (χ2v) is 28.5. The van der Waals surface area contributed by atoms with Gasteiger partial charge in [0, 0.05) is 49.3 Å². The maximum atomic E-state index is 15.2. The molecular weight excluding hydrogens is 1210 g/mol. The molecule has 0 radical (unpaired) electrons. The molecule has 6 N–H and O–H groups in total. The molecule has 1 aliphatic carbocycles. The number of rotatable bonds is 42. The van der Waals surface area contributed by atoms with E-state index in [2.05, 4.69) is 31.9 Å². The fourth-order valence-electron chi connectivity index (χ4n) is 11.5. The zero-order chi connectivity index (χ0) is 63.3. The highest BCUT2D eigenvalue weighted by molar-refractivity contribution is 8.00. The van der Waals surface area contributed by atoms with Crippen LogP contribution in [0.25, 0.3) is 0 Å². The number of nitrogens with one attached hydrogen (secondary N) is 6. The Morgan fingerprint density at radius 1 is 0.685 bits per heavy atom. The number of unbranched alkanes of at least 4 members (excludes halogenated alkanes) is 2. The predicted octanol–water partition coefficient (Wildman–Crippen LogP) is 6.44.